The number of nitrogens with one attached hydrogen (secondary N) is 1. The molecule has 0 saturated carbocycles. The molecule has 0 bridgehead atoms. The lowest BCUT2D eigenvalue weighted by molar-refractivity contribution is -0.115. The molecule has 0 aromatic heterocycles. The van der Waals surface area contributed by atoms with Crippen LogP contribution in [0, 0.1) is 6.92 Å². The number of nitrogens with zero attached hydrogens (tertiary/aromatic N) is 1. The summed E-state index contributed by atoms with van der Waals surface area (Å²) in [4.78, 5) is 17.3. The monoisotopic (exact) mass is 592 g/mol. The van der Waals surface area contributed by atoms with Gasteiger partial charge in [-0.05, 0) is 94.8 Å². The number of halogens is 2. The van der Waals surface area contributed by atoms with Crippen LogP contribution in [0.1, 0.15) is 11.1 Å². The summed E-state index contributed by atoms with van der Waals surface area (Å²) < 4.78 is 36.6. The molecule has 0 spiro atoms. The van der Waals surface area contributed by atoms with Gasteiger partial charge in [-0.1, -0.05) is 29.3 Å². The third-order valence-corrected chi connectivity index (χ3v) is 7.75. The van der Waals surface area contributed by atoms with Gasteiger partial charge < -0.3 is 14.2 Å². The Hall–Kier alpha value is -2.79. The van der Waals surface area contributed by atoms with E-state index in [9.17, 15) is 13.2 Å². The molecule has 0 unspecified atom stereocenters. The fourth-order valence-corrected chi connectivity index (χ4v) is 5.60. The number of hydrogen-bond donors (Lipinski definition) is 1. The SMILES string of the molecule is COc1cc(/C=C2/SC(=Nc3ccc(Cl)cc3)NC2=O)cc(Br)c1OS(=O)(=O)c1ccc(C)cc1. The van der Waals surface area contributed by atoms with E-state index in [4.69, 9.17) is 20.5 Å². The molecule has 3 aromatic rings. The summed E-state index contributed by atoms with van der Waals surface area (Å²) in [6, 6.07) is 16.5. The number of methoxy groups -OCH3 is 1. The molecule has 180 valence electrons. The molecule has 3 aromatic carbocycles. The van der Waals surface area contributed by atoms with Gasteiger partial charge in [-0.3, -0.25) is 4.79 Å². The normalized spacial score (nSPS) is 15.9. The summed E-state index contributed by atoms with van der Waals surface area (Å²) in [5.74, 6) is -0.121. The predicted molar refractivity (Wildman–Crippen MR) is 142 cm³/mol. The minimum atomic E-state index is -4.09. The lowest BCUT2D eigenvalue weighted by atomic mass is 10.2. The van der Waals surface area contributed by atoms with Crippen molar-refractivity contribution in [3.63, 3.8) is 0 Å². The van der Waals surface area contributed by atoms with Crippen LogP contribution in [-0.4, -0.2) is 26.6 Å². The van der Waals surface area contributed by atoms with Gasteiger partial charge in [-0.25, -0.2) is 4.99 Å². The lowest BCUT2D eigenvalue weighted by Crippen LogP contribution is -2.19. The number of aryl methyl sites for hydroxylation is 1. The summed E-state index contributed by atoms with van der Waals surface area (Å²) in [5, 5.41) is 3.74. The molecule has 1 amide bonds. The second-order valence-corrected chi connectivity index (χ2v) is 11.2. The first-order valence-electron chi connectivity index (χ1n) is 10.1. The van der Waals surface area contributed by atoms with Gasteiger partial charge in [0.25, 0.3) is 5.91 Å². The maximum absolute atomic E-state index is 12.8. The van der Waals surface area contributed by atoms with Crippen LogP contribution in [0.2, 0.25) is 5.02 Å². The number of carbonyl (C=O) groups is 1. The van der Waals surface area contributed by atoms with E-state index in [1.165, 1.54) is 31.0 Å². The highest BCUT2D eigenvalue weighted by Crippen LogP contribution is 2.40. The van der Waals surface area contributed by atoms with Crippen LogP contribution in [-0.2, 0) is 14.9 Å². The predicted octanol–water partition coefficient (Wildman–Crippen LogP) is 6.08. The van der Waals surface area contributed by atoms with Gasteiger partial charge in [0.2, 0.25) is 0 Å². The standard InChI is InChI=1S/C24H18BrClN2O5S2/c1-14-3-9-18(10-4-14)35(30,31)33-22-19(25)11-15(12-20(22)32-2)13-21-23(29)28-24(34-21)27-17-7-5-16(26)6-8-17/h3-13H,1-2H3,(H,27,28,29)/b21-13+. The van der Waals surface area contributed by atoms with Crippen molar-refractivity contribution in [1.29, 1.82) is 0 Å². The van der Waals surface area contributed by atoms with E-state index in [0.717, 1.165) is 5.56 Å². The van der Waals surface area contributed by atoms with Crippen molar-refractivity contribution in [2.45, 2.75) is 11.8 Å². The van der Waals surface area contributed by atoms with Crippen LogP contribution in [0.3, 0.4) is 0 Å². The van der Waals surface area contributed by atoms with Crippen LogP contribution >= 0.6 is 39.3 Å². The van der Waals surface area contributed by atoms with E-state index >= 15 is 0 Å². The van der Waals surface area contributed by atoms with Crippen molar-refractivity contribution in [1.82, 2.24) is 5.32 Å². The van der Waals surface area contributed by atoms with E-state index in [0.29, 0.717) is 30.8 Å². The number of benzene rings is 3. The molecule has 1 heterocycles. The second kappa shape index (κ2) is 10.4. The maximum atomic E-state index is 12.8. The highest BCUT2D eigenvalue weighted by Gasteiger charge is 2.25. The number of ether oxygens (including phenoxy) is 1. The lowest BCUT2D eigenvalue weighted by Gasteiger charge is -2.13. The van der Waals surface area contributed by atoms with Gasteiger partial charge in [-0.2, -0.15) is 8.42 Å². The second-order valence-electron chi connectivity index (χ2n) is 7.34. The van der Waals surface area contributed by atoms with Gasteiger partial charge in [0.15, 0.2) is 16.7 Å². The molecule has 4 rings (SSSR count). The Labute approximate surface area is 220 Å². The number of amidine groups is 1. The first kappa shape index (κ1) is 25.3. The molecule has 1 aliphatic heterocycles. The smallest absolute Gasteiger partial charge is 0.339 e. The molecule has 11 heteroatoms. The highest BCUT2D eigenvalue weighted by atomic mass is 79.9. The van der Waals surface area contributed by atoms with Gasteiger partial charge in [0.05, 0.1) is 22.2 Å². The number of aliphatic imine (C=N–C) groups is 1. The quantitative estimate of drug-likeness (QED) is 0.275. The fraction of sp³-hybridized carbons (Fsp3) is 0.0833. The number of amides is 1. The Balaban J connectivity index is 1.60. The van der Waals surface area contributed by atoms with E-state index in [-0.39, 0.29) is 22.3 Å². The molecule has 0 aliphatic carbocycles. The Bertz CT molecular complexity index is 1450. The van der Waals surface area contributed by atoms with Gasteiger partial charge in [0, 0.05) is 5.02 Å². The average Bonchev–Trinajstić information content (AvgIpc) is 3.15. The highest BCUT2D eigenvalue weighted by molar-refractivity contribution is 9.10. The summed E-state index contributed by atoms with van der Waals surface area (Å²) in [5.41, 5.74) is 2.17. The zero-order valence-corrected chi connectivity index (χ0v) is 22.4. The van der Waals surface area contributed by atoms with Crippen LogP contribution in [0.15, 0.2) is 79.9 Å². The van der Waals surface area contributed by atoms with Crippen molar-refractivity contribution in [3.8, 4) is 11.5 Å². The summed E-state index contributed by atoms with van der Waals surface area (Å²) in [7, 11) is -2.69. The van der Waals surface area contributed by atoms with Crippen molar-refractivity contribution in [2.75, 3.05) is 7.11 Å². The average molecular weight is 594 g/mol. The van der Waals surface area contributed by atoms with Crippen LogP contribution in [0.5, 0.6) is 11.5 Å². The molecular formula is C24H18BrClN2O5S2. The van der Waals surface area contributed by atoms with E-state index in [2.05, 4.69) is 26.2 Å². The number of hydrogen-bond acceptors (Lipinski definition) is 7. The molecule has 1 N–H and O–H groups in total. The van der Waals surface area contributed by atoms with Crippen molar-refractivity contribution < 1.29 is 22.1 Å². The minimum Gasteiger partial charge on any atom is -0.493 e. The Morgan fingerprint density at radius 3 is 2.43 bits per heavy atom. The first-order valence-corrected chi connectivity index (χ1v) is 13.5. The van der Waals surface area contributed by atoms with Gasteiger partial charge in [0.1, 0.15) is 4.90 Å². The third kappa shape index (κ3) is 6.07. The largest absolute Gasteiger partial charge is 0.493 e. The maximum Gasteiger partial charge on any atom is 0.339 e. The van der Waals surface area contributed by atoms with Crippen molar-refractivity contribution in [3.05, 3.63) is 86.2 Å². The summed E-state index contributed by atoms with van der Waals surface area (Å²) >= 11 is 10.4. The Kier molecular flexibility index (Phi) is 7.56. The van der Waals surface area contributed by atoms with Gasteiger partial charge in [-0.15, -0.1) is 0 Å². The topological polar surface area (TPSA) is 94.1 Å². The molecule has 1 aliphatic rings. The van der Waals surface area contributed by atoms with Crippen LogP contribution < -0.4 is 14.2 Å². The molecule has 1 fully saturated rings. The third-order valence-electron chi connectivity index (χ3n) is 4.76. The van der Waals surface area contributed by atoms with E-state index in [1.54, 1.807) is 54.6 Å². The van der Waals surface area contributed by atoms with Crippen molar-refractivity contribution in [2.24, 2.45) is 4.99 Å². The minimum absolute atomic E-state index is 0.00346. The van der Waals surface area contributed by atoms with Crippen molar-refractivity contribution >= 4 is 72.2 Å². The molecule has 7 nitrogen and oxygen atoms in total. The molecule has 0 atom stereocenters. The zero-order valence-electron chi connectivity index (χ0n) is 18.4. The Morgan fingerprint density at radius 1 is 1.09 bits per heavy atom. The van der Waals surface area contributed by atoms with Gasteiger partial charge >= 0.3 is 10.1 Å². The van der Waals surface area contributed by atoms with E-state index in [1.807, 2.05) is 6.92 Å². The summed E-state index contributed by atoms with van der Waals surface area (Å²) in [6.45, 7) is 1.86. The molecule has 0 radical (unpaired) electrons. The zero-order chi connectivity index (χ0) is 25.2. The fourth-order valence-electron chi connectivity index (χ4n) is 3.03. The summed E-state index contributed by atoms with van der Waals surface area (Å²) in [6.07, 6.45) is 1.65. The number of rotatable bonds is 6. The number of thioether (sulfide) groups is 1. The van der Waals surface area contributed by atoms with Crippen LogP contribution in [0.25, 0.3) is 6.08 Å². The van der Waals surface area contributed by atoms with E-state index < -0.39 is 10.1 Å². The molecule has 1 saturated heterocycles. The van der Waals surface area contributed by atoms with Crippen LogP contribution in [0.4, 0.5) is 5.69 Å². The molecular weight excluding hydrogens is 576 g/mol. The number of carbonyl (C=O) groups excluding carboxylic acids is 1. The molecule has 35 heavy (non-hydrogen) atoms. The first-order chi connectivity index (χ1) is 16.6. The Morgan fingerprint density at radius 2 is 1.77 bits per heavy atom.